The molecule has 0 unspecified atom stereocenters. The summed E-state index contributed by atoms with van der Waals surface area (Å²) in [7, 11) is 0. The summed E-state index contributed by atoms with van der Waals surface area (Å²) < 4.78 is 11.0. The molecule has 0 radical (unpaired) electrons. The first kappa shape index (κ1) is 15.0. The molecule has 0 aromatic heterocycles. The fourth-order valence-corrected chi connectivity index (χ4v) is 2.51. The number of benzene rings is 2. The second-order valence-electron chi connectivity index (χ2n) is 4.83. The van der Waals surface area contributed by atoms with Gasteiger partial charge in [-0.1, -0.05) is 29.3 Å². The Bertz CT molecular complexity index is 719. The Kier molecular flexibility index (Phi) is 4.41. The predicted molar refractivity (Wildman–Crippen MR) is 86.2 cm³/mol. The normalized spacial score (nSPS) is 12.8. The summed E-state index contributed by atoms with van der Waals surface area (Å²) in [5.74, 6) is 1.19. The summed E-state index contributed by atoms with van der Waals surface area (Å²) in [6, 6.07) is 10.4. The fraction of sp³-hybridized carbons (Fsp3) is 0.188. The van der Waals surface area contributed by atoms with Gasteiger partial charge in [-0.25, -0.2) is 0 Å². The molecule has 22 heavy (non-hydrogen) atoms. The lowest BCUT2D eigenvalue weighted by Crippen LogP contribution is -2.17. The molecule has 2 aromatic carbocycles. The van der Waals surface area contributed by atoms with Gasteiger partial charge < -0.3 is 14.8 Å². The first-order chi connectivity index (χ1) is 10.6. The van der Waals surface area contributed by atoms with E-state index in [1.165, 1.54) is 0 Å². The van der Waals surface area contributed by atoms with Gasteiger partial charge in [0.25, 0.3) is 0 Å². The minimum atomic E-state index is -0.180. The van der Waals surface area contributed by atoms with Crippen molar-refractivity contribution in [1.29, 1.82) is 0 Å². The van der Waals surface area contributed by atoms with Crippen LogP contribution in [0.5, 0.6) is 11.5 Å². The van der Waals surface area contributed by atoms with Gasteiger partial charge in [-0.2, -0.15) is 0 Å². The number of carbonyl (C=O) groups is 1. The summed E-state index contributed by atoms with van der Waals surface area (Å²) in [4.78, 5) is 12.1. The van der Waals surface area contributed by atoms with Crippen molar-refractivity contribution in [3.63, 3.8) is 0 Å². The molecule has 1 N–H and O–H groups in total. The lowest BCUT2D eigenvalue weighted by molar-refractivity contribution is -0.115. The minimum Gasteiger partial charge on any atom is -0.486 e. The summed E-state index contributed by atoms with van der Waals surface area (Å²) in [6.07, 6.45) is 0.208. The molecule has 0 saturated carbocycles. The van der Waals surface area contributed by atoms with E-state index in [4.69, 9.17) is 32.7 Å². The summed E-state index contributed by atoms with van der Waals surface area (Å²) in [5, 5.41) is 3.71. The zero-order valence-corrected chi connectivity index (χ0v) is 13.1. The number of amides is 1. The van der Waals surface area contributed by atoms with Gasteiger partial charge in [-0.3, -0.25) is 4.79 Å². The van der Waals surface area contributed by atoms with E-state index in [9.17, 15) is 4.79 Å². The number of rotatable bonds is 3. The molecule has 0 spiro atoms. The standard InChI is InChI=1S/C16H13Cl2NO3/c17-11-2-3-12(18)13(9-11)19-16(20)8-10-1-4-14-15(7-10)22-6-5-21-14/h1-4,7,9H,5-6,8H2,(H,19,20). The van der Waals surface area contributed by atoms with Crippen LogP contribution >= 0.6 is 23.2 Å². The maximum Gasteiger partial charge on any atom is 0.228 e. The summed E-state index contributed by atoms with van der Waals surface area (Å²) >= 11 is 11.9. The van der Waals surface area contributed by atoms with E-state index in [0.29, 0.717) is 40.4 Å². The van der Waals surface area contributed by atoms with E-state index in [1.807, 2.05) is 18.2 Å². The summed E-state index contributed by atoms with van der Waals surface area (Å²) in [6.45, 7) is 1.06. The number of hydrogen-bond acceptors (Lipinski definition) is 3. The van der Waals surface area contributed by atoms with Crippen LogP contribution in [0.1, 0.15) is 5.56 Å². The number of carbonyl (C=O) groups excluding carboxylic acids is 1. The highest BCUT2D eigenvalue weighted by molar-refractivity contribution is 6.35. The number of ether oxygens (including phenoxy) is 2. The third-order valence-electron chi connectivity index (χ3n) is 3.17. The molecule has 0 fully saturated rings. The molecule has 6 heteroatoms. The van der Waals surface area contributed by atoms with Crippen molar-refractivity contribution in [1.82, 2.24) is 0 Å². The molecular weight excluding hydrogens is 325 g/mol. The van der Waals surface area contributed by atoms with Crippen LogP contribution in [0.4, 0.5) is 5.69 Å². The average molecular weight is 338 g/mol. The number of nitrogens with one attached hydrogen (secondary N) is 1. The zero-order valence-electron chi connectivity index (χ0n) is 11.6. The Morgan fingerprint density at radius 3 is 2.64 bits per heavy atom. The second-order valence-corrected chi connectivity index (χ2v) is 5.67. The van der Waals surface area contributed by atoms with E-state index in [0.717, 1.165) is 5.56 Å². The van der Waals surface area contributed by atoms with Gasteiger partial charge in [0, 0.05) is 5.02 Å². The molecule has 4 nitrogen and oxygen atoms in total. The van der Waals surface area contributed by atoms with E-state index in [1.54, 1.807) is 18.2 Å². The van der Waals surface area contributed by atoms with Gasteiger partial charge in [0.2, 0.25) is 5.91 Å². The molecule has 2 aromatic rings. The zero-order chi connectivity index (χ0) is 15.5. The monoisotopic (exact) mass is 337 g/mol. The van der Waals surface area contributed by atoms with Crippen molar-refractivity contribution in [2.24, 2.45) is 0 Å². The van der Waals surface area contributed by atoms with Crippen molar-refractivity contribution < 1.29 is 14.3 Å². The maximum absolute atomic E-state index is 12.1. The number of anilines is 1. The van der Waals surface area contributed by atoms with Crippen molar-refractivity contribution in [2.75, 3.05) is 18.5 Å². The highest BCUT2D eigenvalue weighted by Crippen LogP contribution is 2.31. The quantitative estimate of drug-likeness (QED) is 0.922. The molecule has 3 rings (SSSR count). The Morgan fingerprint density at radius 2 is 1.82 bits per heavy atom. The first-order valence-corrected chi connectivity index (χ1v) is 7.51. The molecule has 114 valence electrons. The SMILES string of the molecule is O=C(Cc1ccc2c(c1)OCCO2)Nc1cc(Cl)ccc1Cl. The van der Waals surface area contributed by atoms with Crippen LogP contribution in [0, 0.1) is 0 Å². The third-order valence-corrected chi connectivity index (χ3v) is 3.74. The molecule has 0 atom stereocenters. The van der Waals surface area contributed by atoms with Crippen LogP contribution in [-0.2, 0) is 11.2 Å². The molecular formula is C16H13Cl2NO3. The van der Waals surface area contributed by atoms with E-state index in [2.05, 4.69) is 5.32 Å². The van der Waals surface area contributed by atoms with Gasteiger partial charge in [0.05, 0.1) is 17.1 Å². The van der Waals surface area contributed by atoms with E-state index < -0.39 is 0 Å². The highest BCUT2D eigenvalue weighted by atomic mass is 35.5. The van der Waals surface area contributed by atoms with Crippen LogP contribution in [0.3, 0.4) is 0 Å². The Morgan fingerprint density at radius 1 is 1.05 bits per heavy atom. The van der Waals surface area contributed by atoms with Crippen molar-refractivity contribution in [2.45, 2.75) is 6.42 Å². The minimum absolute atomic E-state index is 0.180. The average Bonchev–Trinajstić information content (AvgIpc) is 2.51. The van der Waals surface area contributed by atoms with E-state index >= 15 is 0 Å². The second kappa shape index (κ2) is 6.46. The van der Waals surface area contributed by atoms with Crippen LogP contribution < -0.4 is 14.8 Å². The topological polar surface area (TPSA) is 47.6 Å². The molecule has 1 amide bonds. The lowest BCUT2D eigenvalue weighted by atomic mass is 10.1. The van der Waals surface area contributed by atoms with Crippen molar-refractivity contribution >= 4 is 34.8 Å². The summed E-state index contributed by atoms with van der Waals surface area (Å²) in [5.41, 5.74) is 1.33. The molecule has 0 aliphatic carbocycles. The lowest BCUT2D eigenvalue weighted by Gasteiger charge is -2.18. The first-order valence-electron chi connectivity index (χ1n) is 6.75. The van der Waals surface area contributed by atoms with Gasteiger partial charge in [-0.15, -0.1) is 0 Å². The van der Waals surface area contributed by atoms with Crippen molar-refractivity contribution in [3.05, 3.63) is 52.0 Å². The molecule has 1 aliphatic heterocycles. The van der Waals surface area contributed by atoms with E-state index in [-0.39, 0.29) is 12.3 Å². The smallest absolute Gasteiger partial charge is 0.228 e. The van der Waals surface area contributed by atoms with Crippen molar-refractivity contribution in [3.8, 4) is 11.5 Å². The molecule has 0 saturated heterocycles. The predicted octanol–water partition coefficient (Wildman–Crippen LogP) is 3.95. The van der Waals surface area contributed by atoms with Crippen LogP contribution in [0.2, 0.25) is 10.0 Å². The fourth-order valence-electron chi connectivity index (χ4n) is 2.17. The van der Waals surface area contributed by atoms with Crippen LogP contribution in [0.15, 0.2) is 36.4 Å². The Hall–Kier alpha value is -1.91. The number of hydrogen-bond donors (Lipinski definition) is 1. The van der Waals surface area contributed by atoms with Crippen LogP contribution in [0.25, 0.3) is 0 Å². The Balaban J connectivity index is 1.70. The van der Waals surface area contributed by atoms with Crippen LogP contribution in [-0.4, -0.2) is 19.1 Å². The molecule has 1 heterocycles. The molecule has 1 aliphatic rings. The highest BCUT2D eigenvalue weighted by Gasteiger charge is 2.13. The third kappa shape index (κ3) is 3.46. The largest absolute Gasteiger partial charge is 0.486 e. The maximum atomic E-state index is 12.1. The van der Waals surface area contributed by atoms with Gasteiger partial charge in [0.1, 0.15) is 13.2 Å². The van der Waals surface area contributed by atoms with Gasteiger partial charge in [0.15, 0.2) is 11.5 Å². The van der Waals surface area contributed by atoms with Gasteiger partial charge >= 0.3 is 0 Å². The van der Waals surface area contributed by atoms with Gasteiger partial charge in [-0.05, 0) is 35.9 Å². The number of fused-ring (bicyclic) bond motifs is 1. The number of halogens is 2. The molecule has 0 bridgehead atoms. The Labute approximate surface area is 137 Å².